The van der Waals surface area contributed by atoms with E-state index in [-0.39, 0.29) is 5.56 Å². The highest BCUT2D eigenvalue weighted by molar-refractivity contribution is 7.07. The van der Waals surface area contributed by atoms with Gasteiger partial charge in [-0.05, 0) is 25.0 Å². The quantitative estimate of drug-likeness (QED) is 0.733. The average Bonchev–Trinajstić information content (AvgIpc) is 3.31. The Labute approximate surface area is 144 Å². The van der Waals surface area contributed by atoms with E-state index in [9.17, 15) is 4.79 Å². The number of hydrogen-bond donors (Lipinski definition) is 0. The summed E-state index contributed by atoms with van der Waals surface area (Å²) in [5, 5.41) is 0. The molecule has 24 heavy (non-hydrogen) atoms. The molecule has 2 heterocycles. The van der Waals surface area contributed by atoms with E-state index < -0.39 is 0 Å². The van der Waals surface area contributed by atoms with Gasteiger partial charge in [0, 0.05) is 17.7 Å². The second kappa shape index (κ2) is 6.29. The Morgan fingerprint density at radius 3 is 2.62 bits per heavy atom. The molecule has 3 nitrogen and oxygen atoms in total. The summed E-state index contributed by atoms with van der Waals surface area (Å²) in [6.45, 7) is 4.07. The van der Waals surface area contributed by atoms with Crippen LogP contribution in [0.15, 0.2) is 51.7 Å². The first kappa shape index (κ1) is 15.2. The maximum atomic E-state index is 12.7. The molecule has 0 radical (unpaired) electrons. The van der Waals surface area contributed by atoms with Gasteiger partial charge in [-0.1, -0.05) is 49.8 Å². The molecule has 0 spiro atoms. The molecule has 0 N–H and O–H groups in total. The van der Waals surface area contributed by atoms with Crippen LogP contribution in [-0.2, 0) is 0 Å². The van der Waals surface area contributed by atoms with Gasteiger partial charge in [-0.15, -0.1) is 11.3 Å². The van der Waals surface area contributed by atoms with E-state index in [0.29, 0.717) is 16.3 Å². The summed E-state index contributed by atoms with van der Waals surface area (Å²) in [5.74, 6) is 1.51. The molecule has 0 atom stereocenters. The Kier molecular flexibility index (Phi) is 3.98. The van der Waals surface area contributed by atoms with E-state index >= 15 is 0 Å². The SMILES string of the molecule is C=c1s/c(=C\c2ccc(-c3ccccc3)o2)c(=O)n1C1CCCC1. The third kappa shape index (κ3) is 2.78. The standard InChI is InChI=1S/C20H19NO2S/c1-14-21(16-9-5-6-10-16)20(22)19(24-14)13-17-11-12-18(23-17)15-7-3-2-4-8-15/h2-4,7-8,11-13,16H,1,5-6,9-10H2/b19-13-. The lowest BCUT2D eigenvalue weighted by Gasteiger charge is -2.09. The van der Waals surface area contributed by atoms with Crippen LogP contribution in [-0.4, -0.2) is 4.57 Å². The number of furan rings is 1. The van der Waals surface area contributed by atoms with Crippen LogP contribution >= 0.6 is 11.3 Å². The van der Waals surface area contributed by atoms with E-state index in [1.165, 1.54) is 24.2 Å². The van der Waals surface area contributed by atoms with Crippen LogP contribution in [0.4, 0.5) is 0 Å². The third-order valence-corrected chi connectivity index (χ3v) is 5.52. The van der Waals surface area contributed by atoms with Gasteiger partial charge in [0.15, 0.2) is 0 Å². The zero-order valence-corrected chi connectivity index (χ0v) is 14.2. The van der Waals surface area contributed by atoms with Crippen molar-refractivity contribution in [3.63, 3.8) is 0 Å². The summed E-state index contributed by atoms with van der Waals surface area (Å²) in [6, 6.07) is 14.1. The van der Waals surface area contributed by atoms with Gasteiger partial charge in [0.05, 0.1) is 9.20 Å². The van der Waals surface area contributed by atoms with Gasteiger partial charge in [0.25, 0.3) is 5.56 Å². The van der Waals surface area contributed by atoms with E-state index in [1.807, 2.05) is 53.1 Å². The molecule has 4 heteroatoms. The maximum Gasteiger partial charge on any atom is 0.269 e. The summed E-state index contributed by atoms with van der Waals surface area (Å²) in [6.07, 6.45) is 6.39. The minimum absolute atomic E-state index is 0.0644. The molecule has 2 aromatic heterocycles. The largest absolute Gasteiger partial charge is 0.457 e. The summed E-state index contributed by atoms with van der Waals surface area (Å²) >= 11 is 1.45. The van der Waals surface area contributed by atoms with Crippen LogP contribution in [0.25, 0.3) is 24.0 Å². The lowest BCUT2D eigenvalue weighted by Crippen LogP contribution is -2.33. The monoisotopic (exact) mass is 337 g/mol. The number of aromatic nitrogens is 1. The van der Waals surface area contributed by atoms with Crippen LogP contribution in [0, 0.1) is 0 Å². The number of benzene rings is 1. The Balaban J connectivity index is 1.72. The van der Waals surface area contributed by atoms with Gasteiger partial charge in [-0.25, -0.2) is 0 Å². The maximum absolute atomic E-state index is 12.7. The van der Waals surface area contributed by atoms with E-state index in [0.717, 1.165) is 28.8 Å². The van der Waals surface area contributed by atoms with Crippen molar-refractivity contribution in [1.82, 2.24) is 4.57 Å². The van der Waals surface area contributed by atoms with E-state index in [2.05, 4.69) is 6.58 Å². The van der Waals surface area contributed by atoms with Gasteiger partial charge >= 0.3 is 0 Å². The summed E-state index contributed by atoms with van der Waals surface area (Å²) in [4.78, 5) is 12.7. The molecule has 3 aromatic rings. The first-order valence-corrected chi connectivity index (χ1v) is 9.11. The molecule has 0 saturated heterocycles. The number of thiazole rings is 1. The van der Waals surface area contributed by atoms with Crippen LogP contribution < -0.4 is 14.8 Å². The normalized spacial score (nSPS) is 16.1. The molecule has 1 fully saturated rings. The molecule has 1 aliphatic carbocycles. The second-order valence-electron chi connectivity index (χ2n) is 6.19. The van der Waals surface area contributed by atoms with E-state index in [1.54, 1.807) is 0 Å². The van der Waals surface area contributed by atoms with Crippen molar-refractivity contribution in [3.8, 4) is 11.3 Å². The third-order valence-electron chi connectivity index (χ3n) is 4.57. The summed E-state index contributed by atoms with van der Waals surface area (Å²) in [7, 11) is 0. The van der Waals surface area contributed by atoms with Crippen LogP contribution in [0.3, 0.4) is 0 Å². The fraction of sp³-hybridized carbons (Fsp3) is 0.250. The van der Waals surface area contributed by atoms with Crippen molar-refractivity contribution >= 4 is 24.0 Å². The highest BCUT2D eigenvalue weighted by atomic mass is 32.1. The molecule has 122 valence electrons. The topological polar surface area (TPSA) is 35.1 Å². The predicted octanol–water partition coefficient (Wildman–Crippen LogP) is 3.52. The van der Waals surface area contributed by atoms with Crippen molar-refractivity contribution in [1.29, 1.82) is 0 Å². The molecular weight excluding hydrogens is 318 g/mol. The summed E-state index contributed by atoms with van der Waals surface area (Å²) < 4.78 is 9.30. The smallest absolute Gasteiger partial charge is 0.269 e. The molecule has 0 unspecified atom stereocenters. The first-order chi connectivity index (χ1) is 11.7. The van der Waals surface area contributed by atoms with Crippen molar-refractivity contribution in [2.24, 2.45) is 0 Å². The molecule has 1 aliphatic rings. The van der Waals surface area contributed by atoms with Gasteiger partial charge < -0.3 is 4.42 Å². The van der Waals surface area contributed by atoms with Gasteiger partial charge in [-0.3, -0.25) is 9.36 Å². The van der Waals surface area contributed by atoms with Crippen LogP contribution in [0.2, 0.25) is 0 Å². The van der Waals surface area contributed by atoms with Crippen molar-refractivity contribution < 1.29 is 4.42 Å². The zero-order chi connectivity index (χ0) is 16.5. The molecule has 1 aromatic carbocycles. The highest BCUT2D eigenvalue weighted by Gasteiger charge is 2.19. The lowest BCUT2D eigenvalue weighted by molar-refractivity contribution is 0.499. The minimum atomic E-state index is 0.0644. The van der Waals surface area contributed by atoms with Crippen LogP contribution in [0.1, 0.15) is 37.5 Å². The Hall–Kier alpha value is -2.33. The number of rotatable bonds is 3. The van der Waals surface area contributed by atoms with Crippen molar-refractivity contribution in [2.75, 3.05) is 0 Å². The van der Waals surface area contributed by atoms with Crippen molar-refractivity contribution in [3.05, 3.63) is 67.8 Å². The predicted molar refractivity (Wildman–Crippen MR) is 98.6 cm³/mol. The first-order valence-electron chi connectivity index (χ1n) is 8.29. The van der Waals surface area contributed by atoms with Crippen molar-refractivity contribution in [2.45, 2.75) is 31.7 Å². The van der Waals surface area contributed by atoms with Crippen LogP contribution in [0.5, 0.6) is 0 Å². The molecule has 0 bridgehead atoms. The van der Waals surface area contributed by atoms with Gasteiger partial charge in [0.1, 0.15) is 11.5 Å². The summed E-state index contributed by atoms with van der Waals surface area (Å²) in [5.41, 5.74) is 1.10. The minimum Gasteiger partial charge on any atom is -0.457 e. The second-order valence-corrected chi connectivity index (χ2v) is 7.30. The molecule has 1 saturated carbocycles. The number of hydrogen-bond acceptors (Lipinski definition) is 3. The fourth-order valence-electron chi connectivity index (χ4n) is 3.39. The Bertz CT molecular complexity index is 1000. The molecule has 0 aliphatic heterocycles. The Morgan fingerprint density at radius 1 is 1.12 bits per heavy atom. The molecule has 4 rings (SSSR count). The Morgan fingerprint density at radius 2 is 1.88 bits per heavy atom. The lowest BCUT2D eigenvalue weighted by atomic mass is 10.2. The van der Waals surface area contributed by atoms with Gasteiger partial charge in [0.2, 0.25) is 0 Å². The highest BCUT2D eigenvalue weighted by Crippen LogP contribution is 2.27. The zero-order valence-electron chi connectivity index (χ0n) is 13.4. The van der Waals surface area contributed by atoms with E-state index in [4.69, 9.17) is 4.42 Å². The fourth-order valence-corrected chi connectivity index (χ4v) is 4.34. The van der Waals surface area contributed by atoms with Gasteiger partial charge in [-0.2, -0.15) is 0 Å². The number of nitrogens with zero attached hydrogens (tertiary/aromatic N) is 1. The average molecular weight is 337 g/mol. The molecule has 0 amide bonds. The molecular formula is C20H19NO2S.